The lowest BCUT2D eigenvalue weighted by Crippen LogP contribution is -2.27. The number of aryl methyl sites for hydroxylation is 2. The monoisotopic (exact) mass is 408 g/mol. The quantitative estimate of drug-likeness (QED) is 0.526. The van der Waals surface area contributed by atoms with E-state index in [9.17, 15) is 13.6 Å². The number of hydrogen-bond acceptors (Lipinski definition) is 3. The summed E-state index contributed by atoms with van der Waals surface area (Å²) in [5.74, 6) is -1.53. The van der Waals surface area contributed by atoms with Gasteiger partial charge in [-0.3, -0.25) is 4.79 Å². The predicted molar refractivity (Wildman–Crippen MR) is 111 cm³/mol. The van der Waals surface area contributed by atoms with Crippen molar-refractivity contribution in [3.05, 3.63) is 76.6 Å². The molecule has 0 spiro atoms. The van der Waals surface area contributed by atoms with E-state index in [0.717, 1.165) is 39.6 Å². The number of benzene rings is 2. The minimum Gasteiger partial charge on any atom is -0.349 e. The fraction of sp³-hybridized carbons (Fsp3) is 0.261. The number of carbonyl (C=O) groups excluding carboxylic acids is 1. The number of rotatable bonds is 5. The minimum absolute atomic E-state index is 0.212. The standard InChI is InChI=1S/C23H22F2N4O/c1-13-17(15(3)29-23(27-13)19-6-4-5-7-21(19)28-29)10-11-22(30)26-14(2)18-9-8-16(24)12-20(18)25/h4-9,12,14H,10-11H2,1-3H3,(H,26,30)/t14-/m0/s1. The Morgan fingerprint density at radius 1 is 1.17 bits per heavy atom. The summed E-state index contributed by atoms with van der Waals surface area (Å²) in [6.07, 6.45) is 0.712. The van der Waals surface area contributed by atoms with Crippen molar-refractivity contribution in [1.82, 2.24) is 19.9 Å². The fourth-order valence-corrected chi connectivity index (χ4v) is 3.82. The van der Waals surface area contributed by atoms with Crippen LogP contribution >= 0.6 is 0 Å². The van der Waals surface area contributed by atoms with Gasteiger partial charge >= 0.3 is 0 Å². The lowest BCUT2D eigenvalue weighted by atomic mass is 10.0. The first-order valence-corrected chi connectivity index (χ1v) is 9.83. The van der Waals surface area contributed by atoms with E-state index in [-0.39, 0.29) is 17.9 Å². The normalized spacial score (nSPS) is 12.4. The highest BCUT2D eigenvalue weighted by Gasteiger charge is 2.17. The Kier molecular flexibility index (Phi) is 5.20. The Morgan fingerprint density at radius 3 is 2.70 bits per heavy atom. The van der Waals surface area contributed by atoms with Crippen molar-refractivity contribution in [1.29, 1.82) is 0 Å². The molecule has 0 aliphatic rings. The molecule has 1 N–H and O–H groups in total. The van der Waals surface area contributed by atoms with Crippen LogP contribution in [-0.4, -0.2) is 20.5 Å². The van der Waals surface area contributed by atoms with Crippen molar-refractivity contribution in [2.24, 2.45) is 0 Å². The summed E-state index contributed by atoms with van der Waals surface area (Å²) in [4.78, 5) is 17.2. The summed E-state index contributed by atoms with van der Waals surface area (Å²) in [7, 11) is 0. The Morgan fingerprint density at radius 2 is 1.93 bits per heavy atom. The molecular weight excluding hydrogens is 386 g/mol. The van der Waals surface area contributed by atoms with Crippen molar-refractivity contribution in [3.8, 4) is 0 Å². The number of carbonyl (C=O) groups is 1. The predicted octanol–water partition coefficient (Wildman–Crippen LogP) is 4.59. The lowest BCUT2D eigenvalue weighted by molar-refractivity contribution is -0.121. The zero-order valence-corrected chi connectivity index (χ0v) is 17.0. The van der Waals surface area contributed by atoms with Gasteiger partial charge in [-0.05, 0) is 51.0 Å². The maximum atomic E-state index is 13.9. The molecule has 0 fully saturated rings. The van der Waals surface area contributed by atoms with Crippen LogP contribution in [0.2, 0.25) is 0 Å². The molecule has 154 valence electrons. The Balaban J connectivity index is 1.51. The van der Waals surface area contributed by atoms with Crippen LogP contribution in [-0.2, 0) is 11.2 Å². The Bertz CT molecular complexity index is 1270. The number of fused-ring (bicyclic) bond motifs is 3. The van der Waals surface area contributed by atoms with Crippen molar-refractivity contribution in [2.75, 3.05) is 0 Å². The van der Waals surface area contributed by atoms with Crippen LogP contribution in [0.15, 0.2) is 42.5 Å². The van der Waals surface area contributed by atoms with E-state index >= 15 is 0 Å². The van der Waals surface area contributed by atoms with Gasteiger partial charge in [0, 0.05) is 34.8 Å². The van der Waals surface area contributed by atoms with Gasteiger partial charge < -0.3 is 5.32 Å². The smallest absolute Gasteiger partial charge is 0.220 e. The summed E-state index contributed by atoms with van der Waals surface area (Å²) in [6, 6.07) is 10.6. The van der Waals surface area contributed by atoms with Gasteiger partial charge in [0.1, 0.15) is 11.6 Å². The zero-order valence-electron chi connectivity index (χ0n) is 17.0. The minimum atomic E-state index is -0.671. The molecule has 0 aliphatic heterocycles. The molecule has 5 nitrogen and oxygen atoms in total. The van der Waals surface area contributed by atoms with Crippen molar-refractivity contribution in [2.45, 2.75) is 39.7 Å². The third kappa shape index (κ3) is 3.63. The highest BCUT2D eigenvalue weighted by Crippen LogP contribution is 2.23. The first-order valence-electron chi connectivity index (χ1n) is 9.83. The summed E-state index contributed by atoms with van der Waals surface area (Å²) in [5.41, 5.74) is 4.69. The average Bonchev–Trinajstić information content (AvgIpc) is 3.06. The Hall–Kier alpha value is -3.35. The maximum Gasteiger partial charge on any atom is 0.220 e. The highest BCUT2D eigenvalue weighted by molar-refractivity contribution is 5.92. The average molecular weight is 408 g/mol. The highest BCUT2D eigenvalue weighted by atomic mass is 19.1. The van der Waals surface area contributed by atoms with Gasteiger partial charge in [0.15, 0.2) is 5.65 Å². The molecular formula is C23H22F2N4O. The van der Waals surface area contributed by atoms with Gasteiger partial charge in [-0.15, -0.1) is 0 Å². The molecule has 30 heavy (non-hydrogen) atoms. The van der Waals surface area contributed by atoms with Crippen LogP contribution in [0.1, 0.15) is 41.9 Å². The molecule has 0 saturated heterocycles. The van der Waals surface area contributed by atoms with Gasteiger partial charge in [0.25, 0.3) is 0 Å². The Labute approximate surface area is 172 Å². The molecule has 0 bridgehead atoms. The third-order valence-electron chi connectivity index (χ3n) is 5.43. The number of amides is 1. The number of nitrogens with one attached hydrogen (secondary N) is 1. The lowest BCUT2D eigenvalue weighted by Gasteiger charge is -2.16. The molecule has 1 amide bonds. The van der Waals surface area contributed by atoms with Gasteiger partial charge in [-0.25, -0.2) is 18.3 Å². The van der Waals surface area contributed by atoms with Gasteiger partial charge in [0.2, 0.25) is 5.91 Å². The maximum absolute atomic E-state index is 13.9. The molecule has 2 aromatic carbocycles. The van der Waals surface area contributed by atoms with E-state index in [1.54, 1.807) is 6.92 Å². The molecule has 0 aliphatic carbocycles. The van der Waals surface area contributed by atoms with Gasteiger partial charge in [-0.1, -0.05) is 18.2 Å². The van der Waals surface area contributed by atoms with E-state index in [2.05, 4.69) is 10.4 Å². The number of aromatic nitrogens is 3. The molecule has 4 aromatic rings. The van der Waals surface area contributed by atoms with E-state index in [0.29, 0.717) is 6.42 Å². The second-order valence-corrected chi connectivity index (χ2v) is 7.47. The van der Waals surface area contributed by atoms with Crippen molar-refractivity contribution in [3.63, 3.8) is 0 Å². The second-order valence-electron chi connectivity index (χ2n) is 7.47. The van der Waals surface area contributed by atoms with Crippen molar-refractivity contribution >= 4 is 22.5 Å². The number of nitrogens with zero attached hydrogens (tertiary/aromatic N) is 3. The molecule has 2 aromatic heterocycles. The first kappa shape index (κ1) is 19.9. The third-order valence-corrected chi connectivity index (χ3v) is 5.43. The largest absolute Gasteiger partial charge is 0.349 e. The molecule has 0 saturated carbocycles. The fourth-order valence-electron chi connectivity index (χ4n) is 3.82. The molecule has 0 radical (unpaired) electrons. The van der Waals surface area contributed by atoms with E-state index in [1.165, 1.54) is 12.1 Å². The summed E-state index contributed by atoms with van der Waals surface area (Å²) in [6.45, 7) is 5.57. The van der Waals surface area contributed by atoms with E-state index < -0.39 is 17.7 Å². The van der Waals surface area contributed by atoms with Gasteiger partial charge in [-0.2, -0.15) is 5.10 Å². The SMILES string of the molecule is Cc1nc2c3ccccc3nn2c(C)c1CCC(=O)N[C@@H](C)c1ccc(F)cc1F. The van der Waals surface area contributed by atoms with Crippen molar-refractivity contribution < 1.29 is 13.6 Å². The van der Waals surface area contributed by atoms with Crippen LogP contribution in [0, 0.1) is 25.5 Å². The summed E-state index contributed by atoms with van der Waals surface area (Å²) in [5, 5.41) is 8.40. The summed E-state index contributed by atoms with van der Waals surface area (Å²) < 4.78 is 28.9. The van der Waals surface area contributed by atoms with Crippen LogP contribution in [0.3, 0.4) is 0 Å². The van der Waals surface area contributed by atoms with Crippen LogP contribution in [0.4, 0.5) is 8.78 Å². The van der Waals surface area contributed by atoms with Crippen LogP contribution in [0.5, 0.6) is 0 Å². The topological polar surface area (TPSA) is 59.3 Å². The first-order chi connectivity index (χ1) is 14.3. The molecule has 1 atom stereocenters. The summed E-state index contributed by atoms with van der Waals surface area (Å²) >= 11 is 0. The van der Waals surface area contributed by atoms with E-state index in [4.69, 9.17) is 4.98 Å². The number of hydrogen-bond donors (Lipinski definition) is 1. The number of halogens is 2. The van der Waals surface area contributed by atoms with E-state index in [1.807, 2.05) is 42.6 Å². The molecule has 2 heterocycles. The molecule has 4 rings (SSSR count). The zero-order chi connectivity index (χ0) is 21.4. The van der Waals surface area contributed by atoms with Gasteiger partial charge in [0.05, 0.1) is 11.6 Å². The molecule has 7 heteroatoms. The second kappa shape index (κ2) is 7.82. The molecule has 0 unspecified atom stereocenters. The van der Waals surface area contributed by atoms with Crippen LogP contribution in [0.25, 0.3) is 16.6 Å². The van der Waals surface area contributed by atoms with Crippen LogP contribution < -0.4 is 5.32 Å².